The summed E-state index contributed by atoms with van der Waals surface area (Å²) in [4.78, 5) is 11.0. The lowest BCUT2D eigenvalue weighted by atomic mass is 10.1. The zero-order valence-electron chi connectivity index (χ0n) is 10.3. The number of methoxy groups -OCH3 is 1. The van der Waals surface area contributed by atoms with Gasteiger partial charge in [-0.25, -0.2) is 4.79 Å². The predicted octanol–water partition coefficient (Wildman–Crippen LogP) is 2.07. The first-order chi connectivity index (χ1) is 9.22. The Bertz CT molecular complexity index is 546. The smallest absolute Gasteiger partial charge is 0.341 e. The SMILES string of the molecule is COCCOc1ccc(-c2oncc2C(=O)O)cc1. The maximum atomic E-state index is 11.0. The molecule has 2 aromatic rings. The van der Waals surface area contributed by atoms with Gasteiger partial charge in [0.05, 0.1) is 12.8 Å². The van der Waals surface area contributed by atoms with Crippen molar-refractivity contribution in [2.75, 3.05) is 20.3 Å². The second kappa shape index (κ2) is 6.01. The number of carboxylic acids is 1. The van der Waals surface area contributed by atoms with Gasteiger partial charge in [0.2, 0.25) is 0 Å². The Morgan fingerprint density at radius 3 is 2.68 bits per heavy atom. The topological polar surface area (TPSA) is 81.8 Å². The third-order valence-corrected chi connectivity index (χ3v) is 2.47. The Kier molecular flexibility index (Phi) is 4.15. The zero-order chi connectivity index (χ0) is 13.7. The highest BCUT2D eigenvalue weighted by Crippen LogP contribution is 2.25. The Balaban J connectivity index is 2.13. The average Bonchev–Trinajstić information content (AvgIpc) is 2.89. The Morgan fingerprint density at radius 1 is 1.32 bits per heavy atom. The van der Waals surface area contributed by atoms with Crippen LogP contribution in [0.3, 0.4) is 0 Å². The third-order valence-electron chi connectivity index (χ3n) is 2.47. The van der Waals surface area contributed by atoms with E-state index < -0.39 is 5.97 Å². The fraction of sp³-hybridized carbons (Fsp3) is 0.231. The van der Waals surface area contributed by atoms with Crippen molar-refractivity contribution in [1.29, 1.82) is 0 Å². The molecule has 6 nitrogen and oxygen atoms in total. The van der Waals surface area contributed by atoms with E-state index in [2.05, 4.69) is 5.16 Å². The molecule has 6 heteroatoms. The number of rotatable bonds is 6. The van der Waals surface area contributed by atoms with Crippen molar-refractivity contribution in [3.8, 4) is 17.1 Å². The van der Waals surface area contributed by atoms with Gasteiger partial charge in [-0.1, -0.05) is 5.16 Å². The second-order valence-corrected chi connectivity index (χ2v) is 3.74. The molecule has 1 heterocycles. The monoisotopic (exact) mass is 263 g/mol. The first-order valence-corrected chi connectivity index (χ1v) is 5.62. The van der Waals surface area contributed by atoms with E-state index in [1.165, 1.54) is 6.20 Å². The predicted molar refractivity (Wildman–Crippen MR) is 66.3 cm³/mol. The van der Waals surface area contributed by atoms with E-state index >= 15 is 0 Å². The fourth-order valence-corrected chi connectivity index (χ4v) is 1.55. The van der Waals surface area contributed by atoms with Gasteiger partial charge in [-0.05, 0) is 24.3 Å². The minimum atomic E-state index is -1.07. The summed E-state index contributed by atoms with van der Waals surface area (Å²) in [7, 11) is 1.60. The molecule has 0 aliphatic rings. The van der Waals surface area contributed by atoms with Crippen LogP contribution in [0.4, 0.5) is 0 Å². The summed E-state index contributed by atoms with van der Waals surface area (Å²) < 4.78 is 15.2. The molecule has 0 unspecified atom stereocenters. The number of benzene rings is 1. The van der Waals surface area contributed by atoms with Gasteiger partial charge in [-0.2, -0.15) is 0 Å². The van der Waals surface area contributed by atoms with Crippen molar-refractivity contribution in [1.82, 2.24) is 5.16 Å². The number of hydrogen-bond donors (Lipinski definition) is 1. The van der Waals surface area contributed by atoms with Crippen LogP contribution in [0.15, 0.2) is 35.0 Å². The average molecular weight is 263 g/mol. The van der Waals surface area contributed by atoms with E-state index in [9.17, 15) is 4.79 Å². The van der Waals surface area contributed by atoms with Gasteiger partial charge in [-0.15, -0.1) is 0 Å². The molecule has 0 fully saturated rings. The second-order valence-electron chi connectivity index (χ2n) is 3.74. The van der Waals surface area contributed by atoms with E-state index in [0.29, 0.717) is 24.5 Å². The molecular weight excluding hydrogens is 250 g/mol. The van der Waals surface area contributed by atoms with Crippen LogP contribution in [0.2, 0.25) is 0 Å². The van der Waals surface area contributed by atoms with Crippen molar-refractivity contribution < 1.29 is 23.9 Å². The number of nitrogens with zero attached hydrogens (tertiary/aromatic N) is 1. The Morgan fingerprint density at radius 2 is 2.05 bits per heavy atom. The summed E-state index contributed by atoms with van der Waals surface area (Å²) in [6.07, 6.45) is 1.18. The normalized spacial score (nSPS) is 10.4. The summed E-state index contributed by atoms with van der Waals surface area (Å²) in [5.41, 5.74) is 0.669. The summed E-state index contributed by atoms with van der Waals surface area (Å²) in [6.45, 7) is 0.964. The van der Waals surface area contributed by atoms with Gasteiger partial charge >= 0.3 is 5.97 Å². The largest absolute Gasteiger partial charge is 0.491 e. The molecule has 19 heavy (non-hydrogen) atoms. The number of carbonyl (C=O) groups is 1. The third kappa shape index (κ3) is 3.11. The molecule has 1 aromatic carbocycles. The molecule has 1 aromatic heterocycles. The zero-order valence-corrected chi connectivity index (χ0v) is 10.3. The number of ether oxygens (including phenoxy) is 2. The molecule has 2 rings (SSSR count). The van der Waals surface area contributed by atoms with Gasteiger partial charge in [0.15, 0.2) is 5.76 Å². The van der Waals surface area contributed by atoms with Crippen molar-refractivity contribution in [2.24, 2.45) is 0 Å². The molecule has 0 spiro atoms. The van der Waals surface area contributed by atoms with Crippen LogP contribution < -0.4 is 4.74 Å². The Labute approximate surface area is 109 Å². The molecule has 0 saturated carbocycles. The molecule has 0 bridgehead atoms. The summed E-state index contributed by atoms with van der Waals surface area (Å²) in [5.74, 6) is -0.162. The van der Waals surface area contributed by atoms with Gasteiger partial charge in [0.25, 0.3) is 0 Å². The van der Waals surface area contributed by atoms with Crippen molar-refractivity contribution in [3.63, 3.8) is 0 Å². The maximum absolute atomic E-state index is 11.0. The highest BCUT2D eigenvalue weighted by atomic mass is 16.5. The van der Waals surface area contributed by atoms with Crippen LogP contribution in [0.1, 0.15) is 10.4 Å². The lowest BCUT2D eigenvalue weighted by Crippen LogP contribution is -2.04. The van der Waals surface area contributed by atoms with E-state index in [0.717, 1.165) is 0 Å². The number of aromatic nitrogens is 1. The molecule has 0 aliphatic carbocycles. The molecule has 1 N–H and O–H groups in total. The van der Waals surface area contributed by atoms with Gasteiger partial charge < -0.3 is 19.1 Å². The van der Waals surface area contributed by atoms with Crippen molar-refractivity contribution >= 4 is 5.97 Å². The first kappa shape index (κ1) is 13.1. The number of aromatic carboxylic acids is 1. The number of carboxylic acid groups (broad SMARTS) is 1. The van der Waals surface area contributed by atoms with E-state index in [1.807, 2.05) is 0 Å². The van der Waals surface area contributed by atoms with Crippen molar-refractivity contribution in [2.45, 2.75) is 0 Å². The van der Waals surface area contributed by atoms with Gasteiger partial charge in [0.1, 0.15) is 17.9 Å². The van der Waals surface area contributed by atoms with Crippen LogP contribution in [-0.2, 0) is 4.74 Å². The fourth-order valence-electron chi connectivity index (χ4n) is 1.55. The molecule has 100 valence electrons. The van der Waals surface area contributed by atoms with Gasteiger partial charge in [-0.3, -0.25) is 0 Å². The first-order valence-electron chi connectivity index (χ1n) is 5.62. The van der Waals surface area contributed by atoms with Crippen molar-refractivity contribution in [3.05, 3.63) is 36.0 Å². The molecular formula is C13H13NO5. The van der Waals surface area contributed by atoms with Crippen LogP contribution >= 0.6 is 0 Å². The minimum absolute atomic E-state index is 0.0352. The minimum Gasteiger partial charge on any atom is -0.491 e. The van der Waals surface area contributed by atoms with E-state index in [1.54, 1.807) is 31.4 Å². The highest BCUT2D eigenvalue weighted by Gasteiger charge is 2.16. The van der Waals surface area contributed by atoms with Gasteiger partial charge in [0, 0.05) is 12.7 Å². The summed E-state index contributed by atoms with van der Waals surface area (Å²) >= 11 is 0. The van der Waals surface area contributed by atoms with E-state index in [-0.39, 0.29) is 11.3 Å². The van der Waals surface area contributed by atoms with E-state index in [4.69, 9.17) is 19.1 Å². The number of hydrogen-bond acceptors (Lipinski definition) is 5. The summed E-state index contributed by atoms with van der Waals surface area (Å²) in [6, 6.07) is 6.91. The quantitative estimate of drug-likeness (QED) is 0.803. The molecule has 0 amide bonds. The van der Waals surface area contributed by atoms with Crippen LogP contribution in [0.25, 0.3) is 11.3 Å². The molecule has 0 radical (unpaired) electrons. The Hall–Kier alpha value is -2.34. The summed E-state index contributed by atoms with van der Waals surface area (Å²) in [5, 5.41) is 12.5. The highest BCUT2D eigenvalue weighted by molar-refractivity contribution is 5.93. The lowest BCUT2D eigenvalue weighted by molar-refractivity contribution is 0.0697. The standard InChI is InChI=1S/C13H13NO5/c1-17-6-7-18-10-4-2-9(3-5-10)12-11(13(15)16)8-14-19-12/h2-5,8H,6-7H2,1H3,(H,15,16). The molecule has 0 aliphatic heterocycles. The van der Waals surface area contributed by atoms with Crippen LogP contribution in [-0.4, -0.2) is 36.6 Å². The van der Waals surface area contributed by atoms with Crippen LogP contribution in [0, 0.1) is 0 Å². The maximum Gasteiger partial charge on any atom is 0.341 e. The lowest BCUT2D eigenvalue weighted by Gasteiger charge is -2.05. The molecule has 0 saturated heterocycles. The molecule has 0 atom stereocenters. The van der Waals surface area contributed by atoms with Crippen LogP contribution in [0.5, 0.6) is 5.75 Å².